The third-order valence-electron chi connectivity index (χ3n) is 4.34. The summed E-state index contributed by atoms with van der Waals surface area (Å²) in [6.45, 7) is 9.36. The molecule has 2 amide bonds. The molecule has 2 heterocycles. The lowest BCUT2D eigenvalue weighted by Gasteiger charge is -2.33. The van der Waals surface area contributed by atoms with Crippen molar-refractivity contribution in [1.82, 2.24) is 15.5 Å². The number of rotatable bonds is 2. The van der Waals surface area contributed by atoms with Crippen molar-refractivity contribution in [2.24, 2.45) is 11.8 Å². The third-order valence-corrected chi connectivity index (χ3v) is 4.34. The molecule has 3 atom stereocenters. The van der Waals surface area contributed by atoms with Crippen molar-refractivity contribution in [2.75, 3.05) is 19.6 Å². The molecule has 0 aromatic rings. The highest BCUT2D eigenvalue weighted by molar-refractivity contribution is 5.75. The summed E-state index contributed by atoms with van der Waals surface area (Å²) in [5, 5.41) is 6.51. The van der Waals surface area contributed by atoms with Crippen LogP contribution in [0.5, 0.6) is 0 Å². The summed E-state index contributed by atoms with van der Waals surface area (Å²) in [7, 11) is 0. The number of carbonyl (C=O) groups excluding carboxylic acids is 1. The van der Waals surface area contributed by atoms with Gasteiger partial charge in [0.15, 0.2) is 0 Å². The van der Waals surface area contributed by atoms with Crippen LogP contribution < -0.4 is 10.6 Å². The summed E-state index contributed by atoms with van der Waals surface area (Å²) in [4.78, 5) is 14.2. The van der Waals surface area contributed by atoms with Crippen molar-refractivity contribution < 1.29 is 4.79 Å². The van der Waals surface area contributed by atoms with Gasteiger partial charge in [0.1, 0.15) is 0 Å². The van der Waals surface area contributed by atoms with Gasteiger partial charge in [-0.25, -0.2) is 4.79 Å². The molecule has 2 N–H and O–H groups in total. The van der Waals surface area contributed by atoms with Crippen LogP contribution in [0.2, 0.25) is 0 Å². The highest BCUT2D eigenvalue weighted by Gasteiger charge is 2.38. The molecule has 0 spiro atoms. The zero-order chi connectivity index (χ0) is 12.4. The molecule has 0 saturated carbocycles. The average Bonchev–Trinajstić information content (AvgIpc) is 2.72. The first-order valence-corrected chi connectivity index (χ1v) is 6.87. The van der Waals surface area contributed by atoms with E-state index in [0.29, 0.717) is 12.0 Å². The number of likely N-dealkylation sites (tertiary alicyclic amines) is 1. The van der Waals surface area contributed by atoms with E-state index in [9.17, 15) is 4.79 Å². The standard InChI is InChI=1S/C13H25N3O/c1-9(2)10(3)15-13(17)16-7-5-11-4-6-14-8-12(11)16/h9-12,14H,4-8H2,1-3H3,(H,15,17)/t10?,11-,12-/m1/s1. The number of fused-ring (bicyclic) bond motifs is 1. The largest absolute Gasteiger partial charge is 0.335 e. The van der Waals surface area contributed by atoms with Gasteiger partial charge < -0.3 is 15.5 Å². The molecule has 0 aliphatic carbocycles. The molecule has 1 unspecified atom stereocenters. The molecule has 0 radical (unpaired) electrons. The topological polar surface area (TPSA) is 44.4 Å². The molecule has 4 nitrogen and oxygen atoms in total. The highest BCUT2D eigenvalue weighted by Crippen LogP contribution is 2.28. The molecule has 2 aliphatic rings. The first-order valence-electron chi connectivity index (χ1n) is 6.87. The van der Waals surface area contributed by atoms with Crippen molar-refractivity contribution in [2.45, 2.75) is 45.7 Å². The van der Waals surface area contributed by atoms with E-state index in [0.717, 1.165) is 25.6 Å². The maximum Gasteiger partial charge on any atom is 0.317 e. The molecular formula is C13H25N3O. The Morgan fingerprint density at radius 2 is 2.12 bits per heavy atom. The number of amides is 2. The maximum absolute atomic E-state index is 12.2. The first kappa shape index (κ1) is 12.7. The lowest BCUT2D eigenvalue weighted by atomic mass is 9.93. The summed E-state index contributed by atoms with van der Waals surface area (Å²) in [6, 6.07) is 0.795. The molecular weight excluding hydrogens is 214 g/mol. The normalized spacial score (nSPS) is 30.2. The Bertz CT molecular complexity index is 280. The van der Waals surface area contributed by atoms with E-state index >= 15 is 0 Å². The number of hydrogen-bond acceptors (Lipinski definition) is 2. The van der Waals surface area contributed by atoms with Gasteiger partial charge in [-0.3, -0.25) is 0 Å². The molecule has 2 saturated heterocycles. The molecule has 0 bridgehead atoms. The highest BCUT2D eigenvalue weighted by atomic mass is 16.2. The second kappa shape index (κ2) is 5.25. The Balaban J connectivity index is 1.91. The Labute approximate surface area is 104 Å². The molecule has 2 fully saturated rings. The molecule has 98 valence electrons. The smallest absolute Gasteiger partial charge is 0.317 e. The van der Waals surface area contributed by atoms with E-state index in [-0.39, 0.29) is 12.1 Å². The minimum Gasteiger partial charge on any atom is -0.335 e. The lowest BCUT2D eigenvalue weighted by molar-refractivity contribution is 0.170. The Morgan fingerprint density at radius 1 is 1.35 bits per heavy atom. The lowest BCUT2D eigenvalue weighted by Crippen LogP contribution is -2.52. The Morgan fingerprint density at radius 3 is 2.82 bits per heavy atom. The fourth-order valence-corrected chi connectivity index (χ4v) is 2.77. The van der Waals surface area contributed by atoms with Gasteiger partial charge in [-0.15, -0.1) is 0 Å². The number of hydrogen-bond donors (Lipinski definition) is 2. The third kappa shape index (κ3) is 2.73. The monoisotopic (exact) mass is 239 g/mol. The number of urea groups is 1. The van der Waals surface area contributed by atoms with Crippen LogP contribution in [-0.2, 0) is 0 Å². The number of nitrogens with one attached hydrogen (secondary N) is 2. The Hall–Kier alpha value is -0.770. The van der Waals surface area contributed by atoms with E-state index in [1.165, 1.54) is 12.8 Å². The van der Waals surface area contributed by atoms with Crippen molar-refractivity contribution in [3.8, 4) is 0 Å². The predicted molar refractivity (Wildman–Crippen MR) is 68.9 cm³/mol. The molecule has 0 aromatic carbocycles. The summed E-state index contributed by atoms with van der Waals surface area (Å²) in [5.74, 6) is 1.21. The molecule has 0 aromatic heterocycles. The van der Waals surface area contributed by atoms with E-state index in [1.54, 1.807) is 0 Å². The predicted octanol–water partition coefficient (Wildman–Crippen LogP) is 1.42. The minimum atomic E-state index is 0.127. The second-order valence-electron chi connectivity index (χ2n) is 5.78. The Kier molecular flexibility index (Phi) is 3.92. The summed E-state index contributed by atoms with van der Waals surface area (Å²) >= 11 is 0. The zero-order valence-corrected chi connectivity index (χ0v) is 11.2. The SMILES string of the molecule is CC(C)C(C)NC(=O)N1CC[C@H]2CCNC[C@H]21. The number of piperidine rings is 1. The van der Waals surface area contributed by atoms with E-state index in [1.807, 2.05) is 4.90 Å². The van der Waals surface area contributed by atoms with Crippen molar-refractivity contribution in [1.29, 1.82) is 0 Å². The van der Waals surface area contributed by atoms with Gasteiger partial charge in [0.05, 0.1) is 0 Å². The van der Waals surface area contributed by atoms with Crippen LogP contribution in [0.15, 0.2) is 0 Å². The van der Waals surface area contributed by atoms with Crippen LogP contribution in [0.4, 0.5) is 4.79 Å². The quantitative estimate of drug-likeness (QED) is 0.765. The van der Waals surface area contributed by atoms with E-state index < -0.39 is 0 Å². The number of nitrogens with zero attached hydrogens (tertiary/aromatic N) is 1. The minimum absolute atomic E-state index is 0.127. The first-order chi connectivity index (χ1) is 8.09. The molecule has 2 rings (SSSR count). The second-order valence-corrected chi connectivity index (χ2v) is 5.78. The van der Waals surface area contributed by atoms with Gasteiger partial charge in [-0.1, -0.05) is 13.8 Å². The van der Waals surface area contributed by atoms with E-state index in [2.05, 4.69) is 31.4 Å². The van der Waals surface area contributed by atoms with Crippen LogP contribution in [0.3, 0.4) is 0 Å². The van der Waals surface area contributed by atoms with Gasteiger partial charge in [0, 0.05) is 25.2 Å². The molecule has 4 heteroatoms. The van der Waals surface area contributed by atoms with Gasteiger partial charge in [0.25, 0.3) is 0 Å². The van der Waals surface area contributed by atoms with Gasteiger partial charge in [-0.05, 0) is 38.1 Å². The van der Waals surface area contributed by atoms with Gasteiger partial charge in [-0.2, -0.15) is 0 Å². The van der Waals surface area contributed by atoms with Gasteiger partial charge >= 0.3 is 6.03 Å². The van der Waals surface area contributed by atoms with Gasteiger partial charge in [0.2, 0.25) is 0 Å². The number of carbonyl (C=O) groups is 1. The molecule has 2 aliphatic heterocycles. The van der Waals surface area contributed by atoms with E-state index in [4.69, 9.17) is 0 Å². The summed E-state index contributed by atoms with van der Waals surface area (Å²) < 4.78 is 0. The van der Waals surface area contributed by atoms with Crippen molar-refractivity contribution >= 4 is 6.03 Å². The fourth-order valence-electron chi connectivity index (χ4n) is 2.77. The molecule has 17 heavy (non-hydrogen) atoms. The van der Waals surface area contributed by atoms with Crippen LogP contribution in [0.25, 0.3) is 0 Å². The maximum atomic E-state index is 12.2. The summed E-state index contributed by atoms with van der Waals surface area (Å²) in [5.41, 5.74) is 0. The van der Waals surface area contributed by atoms with Crippen molar-refractivity contribution in [3.63, 3.8) is 0 Å². The zero-order valence-electron chi connectivity index (χ0n) is 11.2. The van der Waals surface area contributed by atoms with Crippen LogP contribution in [0.1, 0.15) is 33.6 Å². The van der Waals surface area contributed by atoms with Crippen molar-refractivity contribution in [3.05, 3.63) is 0 Å². The van der Waals surface area contributed by atoms with Crippen LogP contribution in [-0.4, -0.2) is 42.6 Å². The fraction of sp³-hybridized carbons (Fsp3) is 0.923. The summed E-state index contributed by atoms with van der Waals surface area (Å²) in [6.07, 6.45) is 2.39. The van der Waals surface area contributed by atoms with Crippen LogP contribution in [0, 0.1) is 11.8 Å². The van der Waals surface area contributed by atoms with Crippen LogP contribution >= 0.6 is 0 Å². The average molecular weight is 239 g/mol.